The van der Waals surface area contributed by atoms with Gasteiger partial charge in [0.15, 0.2) is 17.4 Å². The zero-order valence-corrected chi connectivity index (χ0v) is 19.5. The van der Waals surface area contributed by atoms with Gasteiger partial charge in [0.2, 0.25) is 6.29 Å². The minimum absolute atomic E-state index is 0.0759. The van der Waals surface area contributed by atoms with E-state index in [1.165, 1.54) is 24.5 Å². The molecule has 0 radical (unpaired) electrons. The van der Waals surface area contributed by atoms with Crippen LogP contribution < -0.4 is 9.47 Å². The average molecular weight is 512 g/mol. The Kier molecular flexibility index (Phi) is 7.06. The van der Waals surface area contributed by atoms with E-state index in [0.717, 1.165) is 44.2 Å². The third-order valence-corrected chi connectivity index (χ3v) is 5.98. The van der Waals surface area contributed by atoms with Crippen LogP contribution >= 0.6 is 0 Å². The van der Waals surface area contributed by atoms with E-state index in [4.69, 9.17) is 23.7 Å². The van der Waals surface area contributed by atoms with Crippen molar-refractivity contribution in [1.29, 1.82) is 0 Å². The molecule has 1 spiro atoms. The second kappa shape index (κ2) is 10.6. The number of esters is 1. The van der Waals surface area contributed by atoms with E-state index in [1.54, 1.807) is 12.1 Å². The molecule has 2 aliphatic rings. The van der Waals surface area contributed by atoms with Gasteiger partial charge in [-0.15, -0.1) is 0 Å². The summed E-state index contributed by atoms with van der Waals surface area (Å²) in [5.74, 6) is -2.90. The number of halogens is 2. The van der Waals surface area contributed by atoms with Crippen molar-refractivity contribution < 1.29 is 42.1 Å². The predicted octanol–water partition coefficient (Wildman–Crippen LogP) is 5.19. The number of nitrogens with zero attached hydrogens (tertiary/aromatic N) is 2. The molecule has 2 aromatic carbocycles. The van der Waals surface area contributed by atoms with Gasteiger partial charge < -0.3 is 23.7 Å². The lowest BCUT2D eigenvalue weighted by molar-refractivity contribution is -0.214. The maximum Gasteiger partial charge on any atom is 0.516 e. The lowest BCUT2D eigenvalue weighted by atomic mass is 9.94. The Morgan fingerprint density at radius 2 is 1.65 bits per heavy atom. The zero-order valence-electron chi connectivity index (χ0n) is 19.5. The lowest BCUT2D eigenvalue weighted by Gasteiger charge is -2.31. The van der Waals surface area contributed by atoms with Crippen molar-refractivity contribution in [1.82, 2.24) is 9.97 Å². The van der Waals surface area contributed by atoms with Crippen molar-refractivity contribution in [3.05, 3.63) is 72.1 Å². The monoisotopic (exact) mass is 512 g/mol. The van der Waals surface area contributed by atoms with Gasteiger partial charge in [-0.3, -0.25) is 0 Å². The summed E-state index contributed by atoms with van der Waals surface area (Å²) >= 11 is 0. The van der Waals surface area contributed by atoms with Crippen molar-refractivity contribution in [3.63, 3.8) is 0 Å². The summed E-state index contributed by atoms with van der Waals surface area (Å²) < 4.78 is 53.8. The molecule has 3 aromatic rings. The van der Waals surface area contributed by atoms with Gasteiger partial charge in [0, 0.05) is 24.5 Å². The average Bonchev–Trinajstić information content (AvgIpc) is 3.26. The number of benzene rings is 2. The molecule has 1 saturated heterocycles. The fraction of sp³-hybridized carbons (Fsp3) is 0.308. The molecule has 9 nitrogen and oxygen atoms in total. The molecule has 1 saturated carbocycles. The largest absolute Gasteiger partial charge is 0.516 e. The van der Waals surface area contributed by atoms with Gasteiger partial charge in [-0.25, -0.2) is 28.3 Å². The number of carbonyl (C=O) groups excluding carboxylic acids is 2. The van der Waals surface area contributed by atoms with E-state index < -0.39 is 35.8 Å². The van der Waals surface area contributed by atoms with Crippen LogP contribution in [0.1, 0.15) is 42.5 Å². The summed E-state index contributed by atoms with van der Waals surface area (Å²) in [4.78, 5) is 32.6. The molecule has 11 heteroatoms. The smallest absolute Gasteiger partial charge is 0.423 e. The summed E-state index contributed by atoms with van der Waals surface area (Å²) in [6, 6.07) is 8.71. The second-order valence-corrected chi connectivity index (χ2v) is 8.58. The Hall–Kier alpha value is -3.96. The third kappa shape index (κ3) is 5.89. The topological polar surface area (TPSA) is 106 Å². The molecular formula is C26H22F2N2O7. The van der Waals surface area contributed by atoms with Crippen molar-refractivity contribution >= 4 is 12.1 Å². The van der Waals surface area contributed by atoms with Gasteiger partial charge >= 0.3 is 12.1 Å². The Labute approximate surface area is 210 Å². The van der Waals surface area contributed by atoms with Crippen LogP contribution in [0.25, 0.3) is 11.4 Å². The Bertz CT molecular complexity index is 1280. The molecule has 0 amide bonds. The molecule has 1 aliphatic heterocycles. The molecule has 2 fully saturated rings. The van der Waals surface area contributed by atoms with E-state index in [-0.39, 0.29) is 23.7 Å². The number of hydrogen-bond acceptors (Lipinski definition) is 9. The summed E-state index contributed by atoms with van der Waals surface area (Å²) in [7, 11) is 0. The minimum Gasteiger partial charge on any atom is -0.423 e. The molecule has 1 atom stereocenters. The zero-order chi connectivity index (χ0) is 25.8. The number of carbonyl (C=O) groups is 2. The van der Waals surface area contributed by atoms with Gasteiger partial charge in [0.25, 0.3) is 0 Å². The molecule has 37 heavy (non-hydrogen) atoms. The molecule has 0 unspecified atom stereocenters. The molecular weight excluding hydrogens is 490 g/mol. The summed E-state index contributed by atoms with van der Waals surface area (Å²) in [6.45, 7) is 0.148. The number of ether oxygens (including phenoxy) is 5. The predicted molar refractivity (Wildman–Crippen MR) is 123 cm³/mol. The first kappa shape index (κ1) is 24.7. The molecule has 1 aromatic heterocycles. The van der Waals surface area contributed by atoms with Gasteiger partial charge in [0.05, 0.1) is 18.0 Å². The highest BCUT2D eigenvalue weighted by molar-refractivity contribution is 5.91. The number of aromatic nitrogens is 2. The molecule has 2 heterocycles. The van der Waals surface area contributed by atoms with Crippen LogP contribution in [0, 0.1) is 11.6 Å². The van der Waals surface area contributed by atoms with Crippen molar-refractivity contribution in [2.24, 2.45) is 0 Å². The first-order valence-corrected chi connectivity index (χ1v) is 11.7. The highest BCUT2D eigenvalue weighted by Gasteiger charge is 2.44. The van der Waals surface area contributed by atoms with E-state index in [0.29, 0.717) is 17.5 Å². The van der Waals surface area contributed by atoms with Crippen LogP contribution in [-0.2, 0) is 14.2 Å². The second-order valence-electron chi connectivity index (χ2n) is 8.58. The molecule has 192 valence electrons. The van der Waals surface area contributed by atoms with Crippen LogP contribution in [0.15, 0.2) is 54.9 Å². The van der Waals surface area contributed by atoms with E-state index in [1.807, 2.05) is 0 Å². The summed E-state index contributed by atoms with van der Waals surface area (Å²) in [6.07, 6.45) is 5.51. The van der Waals surface area contributed by atoms with Crippen LogP contribution in [0.5, 0.6) is 11.5 Å². The lowest BCUT2D eigenvalue weighted by Crippen LogP contribution is -2.34. The first-order valence-electron chi connectivity index (χ1n) is 11.7. The van der Waals surface area contributed by atoms with Gasteiger partial charge in [-0.1, -0.05) is 6.42 Å². The van der Waals surface area contributed by atoms with Crippen LogP contribution in [0.3, 0.4) is 0 Å². The van der Waals surface area contributed by atoms with E-state index in [2.05, 4.69) is 9.97 Å². The van der Waals surface area contributed by atoms with E-state index >= 15 is 0 Å². The van der Waals surface area contributed by atoms with Gasteiger partial charge in [0.1, 0.15) is 24.0 Å². The van der Waals surface area contributed by atoms with E-state index in [9.17, 15) is 18.4 Å². The Morgan fingerprint density at radius 3 is 2.35 bits per heavy atom. The molecule has 0 N–H and O–H groups in total. The first-order chi connectivity index (χ1) is 17.9. The molecule has 1 aliphatic carbocycles. The summed E-state index contributed by atoms with van der Waals surface area (Å²) in [5.41, 5.74) is 0.194. The number of rotatable bonds is 5. The third-order valence-electron chi connectivity index (χ3n) is 5.98. The molecule has 5 rings (SSSR count). The highest BCUT2D eigenvalue weighted by Crippen LogP contribution is 2.38. The van der Waals surface area contributed by atoms with Crippen LogP contribution in [0.4, 0.5) is 13.6 Å². The summed E-state index contributed by atoms with van der Waals surface area (Å²) in [5, 5.41) is 0. The van der Waals surface area contributed by atoms with Gasteiger partial charge in [-0.05, 0) is 49.2 Å². The maximum absolute atomic E-state index is 13.8. The quantitative estimate of drug-likeness (QED) is 0.337. The Balaban J connectivity index is 1.14. The Morgan fingerprint density at radius 1 is 0.919 bits per heavy atom. The van der Waals surface area contributed by atoms with Gasteiger partial charge in [-0.2, -0.15) is 0 Å². The highest BCUT2D eigenvalue weighted by atomic mass is 19.1. The van der Waals surface area contributed by atoms with Crippen molar-refractivity contribution in [2.75, 3.05) is 6.61 Å². The normalized spacial score (nSPS) is 18.4. The fourth-order valence-corrected chi connectivity index (χ4v) is 4.17. The maximum atomic E-state index is 13.8. The molecule has 0 bridgehead atoms. The minimum atomic E-state index is -1.02. The van der Waals surface area contributed by atoms with Crippen LogP contribution in [0.2, 0.25) is 0 Å². The van der Waals surface area contributed by atoms with Crippen LogP contribution in [-0.4, -0.2) is 40.8 Å². The fourth-order valence-electron chi connectivity index (χ4n) is 4.17. The van der Waals surface area contributed by atoms with Crippen molar-refractivity contribution in [3.8, 4) is 22.9 Å². The standard InChI is InChI=1S/C26H22F2N2O7/c27-17-6-9-20(21(28)12-17)24(31)34-18-7-4-16(5-8-18)23-29-13-19(14-30-23)35-25(32)36-22-15-33-26(37-22)10-2-1-3-11-26/h4-9,12-14,22H,1-3,10-11,15H2/t22-/m0/s1. The number of hydrogen-bond donors (Lipinski definition) is 0. The van der Waals surface area contributed by atoms with Crippen molar-refractivity contribution in [2.45, 2.75) is 44.2 Å². The SMILES string of the molecule is O=C(Oc1cnc(-c2ccc(OC(=O)c3ccc(F)cc3F)cc2)nc1)O[C@@H]1COC2(CCCCC2)O1.